The minimum Gasteiger partial charge on any atom is -0.277 e. The minimum absolute atomic E-state index is 0.644. The second-order valence-electron chi connectivity index (χ2n) is 3.14. The van der Waals surface area contributed by atoms with Crippen LogP contribution in [0.5, 0.6) is 0 Å². The zero-order chi connectivity index (χ0) is 11.2. The summed E-state index contributed by atoms with van der Waals surface area (Å²) in [7, 11) is 0. The summed E-state index contributed by atoms with van der Waals surface area (Å²) in [5, 5.41) is 4.72. The van der Waals surface area contributed by atoms with Crippen LogP contribution in [0.4, 0.5) is 5.69 Å². The van der Waals surface area contributed by atoms with Gasteiger partial charge in [0.05, 0.1) is 16.9 Å². The van der Waals surface area contributed by atoms with Crippen LogP contribution in [0.15, 0.2) is 53.9 Å². The summed E-state index contributed by atoms with van der Waals surface area (Å²) in [6.07, 6.45) is 5.15. The monoisotopic (exact) mass is 231 g/mol. The molecule has 0 amide bonds. The molecule has 0 spiro atoms. The number of hydrogen-bond acceptors (Lipinski definition) is 3. The Morgan fingerprint density at radius 3 is 2.81 bits per heavy atom. The molecule has 0 radical (unpaired) electrons. The Bertz CT molecular complexity index is 483. The lowest BCUT2D eigenvalue weighted by Gasteiger charge is -2.01. The van der Waals surface area contributed by atoms with Gasteiger partial charge in [0.25, 0.3) is 0 Å². The van der Waals surface area contributed by atoms with E-state index in [9.17, 15) is 0 Å². The highest BCUT2D eigenvalue weighted by Gasteiger charge is 1.94. The molecule has 1 heterocycles. The molecule has 16 heavy (non-hydrogen) atoms. The lowest BCUT2D eigenvalue weighted by atomic mass is 10.3. The third-order valence-corrected chi connectivity index (χ3v) is 2.29. The number of halogens is 1. The number of hydrazone groups is 1. The molecule has 2 rings (SSSR count). The average molecular weight is 232 g/mol. The first-order valence-corrected chi connectivity index (χ1v) is 5.18. The van der Waals surface area contributed by atoms with Crippen molar-refractivity contribution in [3.63, 3.8) is 0 Å². The van der Waals surface area contributed by atoms with Crippen LogP contribution in [0.25, 0.3) is 0 Å². The van der Waals surface area contributed by atoms with Crippen molar-refractivity contribution in [2.75, 3.05) is 5.43 Å². The standard InChI is InChI=1S/C12H10ClN3/c13-11-5-1-2-6-12(11)16-15-9-10-4-3-7-14-8-10/h1-9,16H/b15-9+. The fraction of sp³-hybridized carbons (Fsp3) is 0. The molecular weight excluding hydrogens is 222 g/mol. The van der Waals surface area contributed by atoms with Gasteiger partial charge < -0.3 is 0 Å². The predicted octanol–water partition coefficient (Wildman–Crippen LogP) is 3.18. The fourth-order valence-corrected chi connectivity index (χ4v) is 1.36. The molecule has 0 fully saturated rings. The number of benzene rings is 1. The number of pyridine rings is 1. The highest BCUT2D eigenvalue weighted by molar-refractivity contribution is 6.33. The van der Waals surface area contributed by atoms with Crippen molar-refractivity contribution in [1.29, 1.82) is 0 Å². The second-order valence-corrected chi connectivity index (χ2v) is 3.54. The number of para-hydroxylation sites is 1. The maximum absolute atomic E-state index is 5.96. The molecule has 0 saturated heterocycles. The molecule has 80 valence electrons. The molecule has 0 aliphatic carbocycles. The number of anilines is 1. The topological polar surface area (TPSA) is 37.3 Å². The minimum atomic E-state index is 0.644. The third kappa shape index (κ3) is 2.81. The van der Waals surface area contributed by atoms with Gasteiger partial charge in [-0.2, -0.15) is 5.10 Å². The van der Waals surface area contributed by atoms with Crippen LogP contribution in [-0.4, -0.2) is 11.2 Å². The molecular formula is C12H10ClN3. The van der Waals surface area contributed by atoms with Gasteiger partial charge in [0.2, 0.25) is 0 Å². The normalized spacial score (nSPS) is 10.6. The van der Waals surface area contributed by atoms with Crippen molar-refractivity contribution >= 4 is 23.5 Å². The summed E-state index contributed by atoms with van der Waals surface area (Å²) in [6.45, 7) is 0. The van der Waals surface area contributed by atoms with Gasteiger partial charge in [-0.25, -0.2) is 0 Å². The number of nitrogens with one attached hydrogen (secondary N) is 1. The van der Waals surface area contributed by atoms with E-state index >= 15 is 0 Å². The van der Waals surface area contributed by atoms with E-state index in [0.717, 1.165) is 11.3 Å². The van der Waals surface area contributed by atoms with Gasteiger partial charge in [0.15, 0.2) is 0 Å². The van der Waals surface area contributed by atoms with Crippen LogP contribution >= 0.6 is 11.6 Å². The van der Waals surface area contributed by atoms with E-state index in [1.807, 2.05) is 36.4 Å². The van der Waals surface area contributed by atoms with Crippen LogP contribution in [-0.2, 0) is 0 Å². The molecule has 0 atom stereocenters. The quantitative estimate of drug-likeness (QED) is 0.651. The summed E-state index contributed by atoms with van der Waals surface area (Å²) >= 11 is 5.96. The zero-order valence-corrected chi connectivity index (χ0v) is 9.22. The van der Waals surface area contributed by atoms with Gasteiger partial charge in [-0.1, -0.05) is 29.8 Å². The van der Waals surface area contributed by atoms with E-state index in [1.54, 1.807) is 18.6 Å². The number of rotatable bonds is 3. The first kappa shape index (κ1) is 10.6. The summed E-state index contributed by atoms with van der Waals surface area (Å²) in [4.78, 5) is 3.98. The largest absolute Gasteiger partial charge is 0.277 e. The molecule has 0 bridgehead atoms. The maximum atomic E-state index is 5.96. The van der Waals surface area contributed by atoms with E-state index < -0.39 is 0 Å². The highest BCUT2D eigenvalue weighted by atomic mass is 35.5. The Labute approximate surface area is 98.8 Å². The van der Waals surface area contributed by atoms with Gasteiger partial charge >= 0.3 is 0 Å². The van der Waals surface area contributed by atoms with Crippen LogP contribution < -0.4 is 5.43 Å². The predicted molar refractivity (Wildman–Crippen MR) is 66.9 cm³/mol. The van der Waals surface area contributed by atoms with E-state index in [4.69, 9.17) is 11.6 Å². The van der Waals surface area contributed by atoms with E-state index in [0.29, 0.717) is 5.02 Å². The lowest BCUT2D eigenvalue weighted by Crippen LogP contribution is -1.91. The smallest absolute Gasteiger partial charge is 0.0748 e. The molecule has 1 N–H and O–H groups in total. The Morgan fingerprint density at radius 2 is 2.06 bits per heavy atom. The molecule has 0 aliphatic rings. The molecule has 0 unspecified atom stereocenters. The van der Waals surface area contributed by atoms with E-state index in [-0.39, 0.29) is 0 Å². The van der Waals surface area contributed by atoms with Gasteiger partial charge in [-0.15, -0.1) is 0 Å². The summed E-state index contributed by atoms with van der Waals surface area (Å²) in [6, 6.07) is 11.2. The molecule has 2 aromatic rings. The molecule has 3 nitrogen and oxygen atoms in total. The van der Waals surface area contributed by atoms with Gasteiger partial charge in [0.1, 0.15) is 0 Å². The van der Waals surface area contributed by atoms with Crippen molar-refractivity contribution in [2.24, 2.45) is 5.10 Å². The Balaban J connectivity index is 2.03. The summed E-state index contributed by atoms with van der Waals surface area (Å²) in [5.41, 5.74) is 4.59. The fourth-order valence-electron chi connectivity index (χ4n) is 1.18. The molecule has 1 aromatic carbocycles. The van der Waals surface area contributed by atoms with Crippen LogP contribution in [0.2, 0.25) is 5.02 Å². The molecule has 0 aliphatic heterocycles. The van der Waals surface area contributed by atoms with Gasteiger partial charge in [0, 0.05) is 18.0 Å². The van der Waals surface area contributed by atoms with Crippen molar-refractivity contribution in [2.45, 2.75) is 0 Å². The Hall–Kier alpha value is -1.87. The lowest BCUT2D eigenvalue weighted by molar-refractivity contribution is 1.30. The van der Waals surface area contributed by atoms with Gasteiger partial charge in [-0.3, -0.25) is 10.4 Å². The third-order valence-electron chi connectivity index (χ3n) is 1.96. The summed E-state index contributed by atoms with van der Waals surface area (Å²) in [5.74, 6) is 0. The Kier molecular flexibility index (Phi) is 3.51. The van der Waals surface area contributed by atoms with Crippen molar-refractivity contribution in [1.82, 2.24) is 4.98 Å². The SMILES string of the molecule is Clc1ccccc1N/N=C/c1cccnc1. The number of aromatic nitrogens is 1. The van der Waals surface area contributed by atoms with Crippen molar-refractivity contribution < 1.29 is 0 Å². The number of nitrogens with zero attached hydrogens (tertiary/aromatic N) is 2. The summed E-state index contributed by atoms with van der Waals surface area (Å²) < 4.78 is 0. The second kappa shape index (κ2) is 5.28. The first-order valence-electron chi connectivity index (χ1n) is 4.80. The van der Waals surface area contributed by atoms with Crippen LogP contribution in [0.3, 0.4) is 0 Å². The average Bonchev–Trinajstić information content (AvgIpc) is 2.33. The molecule has 1 aromatic heterocycles. The maximum Gasteiger partial charge on any atom is 0.0748 e. The van der Waals surface area contributed by atoms with Crippen molar-refractivity contribution in [3.05, 3.63) is 59.4 Å². The highest BCUT2D eigenvalue weighted by Crippen LogP contribution is 2.19. The van der Waals surface area contributed by atoms with E-state index in [2.05, 4.69) is 15.5 Å². The van der Waals surface area contributed by atoms with Crippen LogP contribution in [0.1, 0.15) is 5.56 Å². The van der Waals surface area contributed by atoms with Gasteiger partial charge in [-0.05, 0) is 18.2 Å². The molecule has 4 heteroatoms. The van der Waals surface area contributed by atoms with Crippen molar-refractivity contribution in [3.8, 4) is 0 Å². The first-order chi connectivity index (χ1) is 7.86. The Morgan fingerprint density at radius 1 is 1.19 bits per heavy atom. The molecule has 0 saturated carbocycles. The van der Waals surface area contributed by atoms with Crippen LogP contribution in [0, 0.1) is 0 Å². The number of hydrogen-bond donors (Lipinski definition) is 1. The van der Waals surface area contributed by atoms with E-state index in [1.165, 1.54) is 0 Å². The zero-order valence-electron chi connectivity index (χ0n) is 8.47.